The van der Waals surface area contributed by atoms with Crippen molar-refractivity contribution in [2.24, 2.45) is 5.73 Å². The number of aliphatic hydroxyl groups excluding tert-OH is 1. The monoisotopic (exact) mass is 294 g/mol. The van der Waals surface area contributed by atoms with Crippen LogP contribution in [0.2, 0.25) is 0 Å². The van der Waals surface area contributed by atoms with E-state index in [1.54, 1.807) is 0 Å². The second-order valence-corrected chi connectivity index (χ2v) is 5.59. The number of aldehydes is 1. The van der Waals surface area contributed by atoms with Crippen molar-refractivity contribution < 1.29 is 9.90 Å². The molecule has 0 amide bonds. The van der Waals surface area contributed by atoms with Crippen LogP contribution >= 0.6 is 0 Å². The van der Waals surface area contributed by atoms with Crippen LogP contribution in [0.15, 0.2) is 24.3 Å². The summed E-state index contributed by atoms with van der Waals surface area (Å²) in [6, 6.07) is 7.97. The Balaban J connectivity index is 0.000000885. The number of aliphatic hydroxyl groups is 1. The van der Waals surface area contributed by atoms with E-state index < -0.39 is 6.10 Å². The maximum absolute atomic E-state index is 10.2. The molecule has 0 fully saturated rings. The molecule has 3 N–H and O–H groups in total. The van der Waals surface area contributed by atoms with Gasteiger partial charge in [-0.05, 0) is 64.5 Å². The summed E-state index contributed by atoms with van der Waals surface area (Å²) >= 11 is 0. The van der Waals surface area contributed by atoms with Crippen LogP contribution < -0.4 is 5.73 Å². The molecule has 1 rings (SSSR count). The molecule has 0 saturated carbocycles. The third kappa shape index (κ3) is 11.1. The SMILES string of the molecule is CN(C)C.NCCC(O)c1cccc(CCCCC=O)c1. The maximum Gasteiger partial charge on any atom is 0.119 e. The molecule has 0 aliphatic carbocycles. The Morgan fingerprint density at radius 3 is 2.52 bits per heavy atom. The van der Waals surface area contributed by atoms with Gasteiger partial charge in [-0.3, -0.25) is 0 Å². The van der Waals surface area contributed by atoms with Crippen LogP contribution in [0, 0.1) is 0 Å². The number of hydrogen-bond acceptors (Lipinski definition) is 4. The van der Waals surface area contributed by atoms with Crippen LogP contribution in [0.5, 0.6) is 0 Å². The fraction of sp³-hybridized carbons (Fsp3) is 0.588. The standard InChI is InChI=1S/C14H21NO2.C3H9N/c15-9-8-14(17)13-7-4-6-12(11-13)5-2-1-3-10-16;1-4(2)3/h4,6-7,10-11,14,17H,1-3,5,8-9,15H2;1-3H3. The molecule has 0 aliphatic heterocycles. The third-order valence-corrected chi connectivity index (χ3v) is 2.81. The number of nitrogens with zero attached hydrogens (tertiary/aromatic N) is 1. The van der Waals surface area contributed by atoms with Crippen molar-refractivity contribution in [3.63, 3.8) is 0 Å². The van der Waals surface area contributed by atoms with E-state index >= 15 is 0 Å². The number of nitrogens with two attached hydrogens (primary N) is 1. The summed E-state index contributed by atoms with van der Waals surface area (Å²) in [5, 5.41) is 9.83. The molecule has 0 aromatic heterocycles. The summed E-state index contributed by atoms with van der Waals surface area (Å²) in [7, 11) is 6.00. The Hall–Kier alpha value is -1.23. The van der Waals surface area contributed by atoms with Gasteiger partial charge in [-0.2, -0.15) is 0 Å². The number of rotatable bonds is 8. The van der Waals surface area contributed by atoms with E-state index in [-0.39, 0.29) is 0 Å². The van der Waals surface area contributed by atoms with Gasteiger partial charge in [0.25, 0.3) is 0 Å². The lowest BCUT2D eigenvalue weighted by atomic mass is 10.0. The zero-order valence-electron chi connectivity index (χ0n) is 13.6. The predicted molar refractivity (Wildman–Crippen MR) is 88.3 cm³/mol. The molecule has 1 atom stereocenters. The molecule has 0 radical (unpaired) electrons. The smallest absolute Gasteiger partial charge is 0.119 e. The second-order valence-electron chi connectivity index (χ2n) is 5.59. The highest BCUT2D eigenvalue weighted by atomic mass is 16.3. The summed E-state index contributed by atoms with van der Waals surface area (Å²) < 4.78 is 0. The molecule has 120 valence electrons. The van der Waals surface area contributed by atoms with Crippen molar-refractivity contribution in [3.8, 4) is 0 Å². The Morgan fingerprint density at radius 2 is 1.95 bits per heavy atom. The Bertz CT molecular complexity index is 378. The van der Waals surface area contributed by atoms with Crippen LogP contribution in [-0.4, -0.2) is 44.0 Å². The maximum atomic E-state index is 10.2. The average Bonchev–Trinajstić information content (AvgIpc) is 2.44. The molecule has 1 unspecified atom stereocenters. The lowest BCUT2D eigenvalue weighted by molar-refractivity contribution is -0.107. The Labute approximate surface area is 129 Å². The largest absolute Gasteiger partial charge is 0.388 e. The number of hydrogen-bond donors (Lipinski definition) is 2. The Morgan fingerprint density at radius 1 is 1.29 bits per heavy atom. The number of carbonyl (C=O) groups is 1. The highest BCUT2D eigenvalue weighted by Crippen LogP contribution is 2.18. The van der Waals surface area contributed by atoms with Crippen LogP contribution in [-0.2, 0) is 11.2 Å². The van der Waals surface area contributed by atoms with Crippen molar-refractivity contribution in [1.82, 2.24) is 4.90 Å². The molecule has 0 saturated heterocycles. The molecule has 1 aromatic carbocycles. The Kier molecular flexibility index (Phi) is 11.8. The number of carbonyl (C=O) groups excluding carboxylic acids is 1. The van der Waals surface area contributed by atoms with Crippen molar-refractivity contribution in [2.75, 3.05) is 27.7 Å². The van der Waals surface area contributed by atoms with Gasteiger partial charge in [0.2, 0.25) is 0 Å². The summed E-state index contributed by atoms with van der Waals surface area (Å²) in [6.45, 7) is 0.491. The van der Waals surface area contributed by atoms with E-state index in [4.69, 9.17) is 5.73 Å². The first-order chi connectivity index (χ1) is 10.0. The minimum absolute atomic E-state index is 0.463. The first-order valence-electron chi connectivity index (χ1n) is 7.52. The molecule has 0 aliphatic rings. The molecule has 0 heterocycles. The van der Waals surface area contributed by atoms with Crippen LogP contribution in [0.3, 0.4) is 0 Å². The van der Waals surface area contributed by atoms with Gasteiger partial charge < -0.3 is 20.5 Å². The molecule has 4 heteroatoms. The second kappa shape index (κ2) is 12.5. The quantitative estimate of drug-likeness (QED) is 0.569. The van der Waals surface area contributed by atoms with E-state index in [0.29, 0.717) is 19.4 Å². The van der Waals surface area contributed by atoms with E-state index in [1.165, 1.54) is 5.56 Å². The summed E-state index contributed by atoms with van der Waals surface area (Å²) in [4.78, 5) is 12.2. The molecule has 21 heavy (non-hydrogen) atoms. The van der Waals surface area contributed by atoms with Gasteiger partial charge in [-0.15, -0.1) is 0 Å². The fourth-order valence-electron chi connectivity index (χ4n) is 1.84. The minimum Gasteiger partial charge on any atom is -0.388 e. The molecule has 0 spiro atoms. The normalized spacial score (nSPS) is 11.7. The molecule has 0 bridgehead atoms. The van der Waals surface area contributed by atoms with Crippen LogP contribution in [0.1, 0.15) is 42.9 Å². The van der Waals surface area contributed by atoms with Gasteiger partial charge in [0.05, 0.1) is 6.10 Å². The first kappa shape index (κ1) is 19.8. The van der Waals surface area contributed by atoms with Gasteiger partial charge in [-0.25, -0.2) is 0 Å². The van der Waals surface area contributed by atoms with Crippen molar-refractivity contribution in [2.45, 2.75) is 38.2 Å². The molecular weight excluding hydrogens is 264 g/mol. The summed E-state index contributed by atoms with van der Waals surface area (Å²) in [5.74, 6) is 0. The van der Waals surface area contributed by atoms with Crippen LogP contribution in [0.25, 0.3) is 0 Å². The van der Waals surface area contributed by atoms with Gasteiger partial charge in [0.15, 0.2) is 0 Å². The number of benzene rings is 1. The molecule has 4 nitrogen and oxygen atoms in total. The van der Waals surface area contributed by atoms with E-state index in [1.807, 2.05) is 44.2 Å². The summed E-state index contributed by atoms with van der Waals surface area (Å²) in [5.41, 5.74) is 7.57. The van der Waals surface area contributed by atoms with Gasteiger partial charge in [-0.1, -0.05) is 24.3 Å². The summed E-state index contributed by atoms with van der Waals surface area (Å²) in [6.07, 6.45) is 4.62. The van der Waals surface area contributed by atoms with Gasteiger partial charge >= 0.3 is 0 Å². The lowest BCUT2D eigenvalue weighted by Gasteiger charge is -2.11. The third-order valence-electron chi connectivity index (χ3n) is 2.81. The average molecular weight is 294 g/mol. The van der Waals surface area contributed by atoms with Crippen molar-refractivity contribution in [1.29, 1.82) is 0 Å². The number of aryl methyl sites for hydroxylation is 1. The van der Waals surface area contributed by atoms with Gasteiger partial charge in [0.1, 0.15) is 6.29 Å². The number of unbranched alkanes of at least 4 members (excludes halogenated alkanes) is 2. The van der Waals surface area contributed by atoms with Gasteiger partial charge in [0, 0.05) is 6.42 Å². The van der Waals surface area contributed by atoms with E-state index in [0.717, 1.165) is 31.1 Å². The van der Waals surface area contributed by atoms with Crippen molar-refractivity contribution in [3.05, 3.63) is 35.4 Å². The predicted octanol–water partition coefficient (Wildman–Crippen LogP) is 2.16. The molecular formula is C17H30N2O2. The molecule has 1 aromatic rings. The fourth-order valence-corrected chi connectivity index (χ4v) is 1.84. The zero-order chi connectivity index (χ0) is 16.1. The lowest BCUT2D eigenvalue weighted by Crippen LogP contribution is -2.06. The van der Waals surface area contributed by atoms with Crippen LogP contribution in [0.4, 0.5) is 0 Å². The van der Waals surface area contributed by atoms with E-state index in [9.17, 15) is 9.90 Å². The zero-order valence-corrected chi connectivity index (χ0v) is 13.6. The highest BCUT2D eigenvalue weighted by Gasteiger charge is 2.06. The topological polar surface area (TPSA) is 66.6 Å². The van der Waals surface area contributed by atoms with E-state index in [2.05, 4.69) is 6.07 Å². The first-order valence-corrected chi connectivity index (χ1v) is 7.52. The minimum atomic E-state index is -0.463. The van der Waals surface area contributed by atoms with Crippen molar-refractivity contribution >= 4 is 6.29 Å². The highest BCUT2D eigenvalue weighted by molar-refractivity contribution is 5.48.